The molecule has 0 fully saturated rings. The highest BCUT2D eigenvalue weighted by atomic mass is 35.5. The Morgan fingerprint density at radius 2 is 1.81 bits per heavy atom. The average Bonchev–Trinajstić information content (AvgIpc) is 2.83. The predicted molar refractivity (Wildman–Crippen MR) is 86.3 cm³/mol. The Morgan fingerprint density at radius 1 is 1.10 bits per heavy atom. The Balaban J connectivity index is 2.11. The van der Waals surface area contributed by atoms with E-state index in [4.69, 9.17) is 21.9 Å². The third-order valence-corrected chi connectivity index (χ3v) is 3.84. The van der Waals surface area contributed by atoms with Gasteiger partial charge in [0.2, 0.25) is 0 Å². The Kier molecular flexibility index (Phi) is 3.72. The van der Waals surface area contributed by atoms with Crippen molar-refractivity contribution in [3.05, 3.63) is 69.9 Å². The van der Waals surface area contributed by atoms with E-state index in [9.17, 15) is 0 Å². The summed E-state index contributed by atoms with van der Waals surface area (Å²) >= 11 is 6.17. The van der Waals surface area contributed by atoms with Crippen molar-refractivity contribution in [2.24, 2.45) is 5.84 Å². The molecule has 0 saturated carbocycles. The summed E-state index contributed by atoms with van der Waals surface area (Å²) in [6.45, 7) is 4.14. The van der Waals surface area contributed by atoms with Crippen LogP contribution in [-0.4, -0.2) is 0 Å². The molecule has 0 saturated heterocycles. The lowest BCUT2D eigenvalue weighted by atomic mass is 10.00. The molecule has 1 aromatic heterocycles. The number of para-hydroxylation sites is 1. The van der Waals surface area contributed by atoms with Crippen LogP contribution in [0.15, 0.2) is 46.9 Å². The summed E-state index contributed by atoms with van der Waals surface area (Å²) in [6, 6.07) is 13.8. The van der Waals surface area contributed by atoms with Crippen molar-refractivity contribution in [2.75, 3.05) is 0 Å². The lowest BCUT2D eigenvalue weighted by Crippen LogP contribution is -2.28. The van der Waals surface area contributed by atoms with E-state index in [0.29, 0.717) is 10.6 Å². The maximum Gasteiger partial charge on any atom is 0.152 e. The summed E-state index contributed by atoms with van der Waals surface area (Å²) in [6.07, 6.45) is 0. The molecule has 0 bridgehead atoms. The number of nitrogens with two attached hydrogens (primary N) is 1. The van der Waals surface area contributed by atoms with E-state index in [2.05, 4.69) is 37.5 Å². The minimum absolute atomic E-state index is 0.202. The lowest BCUT2D eigenvalue weighted by Gasteiger charge is -2.15. The van der Waals surface area contributed by atoms with Crippen LogP contribution in [0, 0.1) is 13.8 Å². The first-order valence-electron chi connectivity index (χ1n) is 6.81. The molecule has 1 heterocycles. The summed E-state index contributed by atoms with van der Waals surface area (Å²) in [5, 5.41) is 1.58. The molecule has 0 radical (unpaired) electrons. The van der Waals surface area contributed by atoms with Gasteiger partial charge in [-0.15, -0.1) is 0 Å². The summed E-state index contributed by atoms with van der Waals surface area (Å²) in [5.74, 6) is 6.51. The summed E-state index contributed by atoms with van der Waals surface area (Å²) in [4.78, 5) is 0. The summed E-state index contributed by atoms with van der Waals surface area (Å²) in [7, 11) is 0. The number of benzene rings is 2. The van der Waals surface area contributed by atoms with Crippen LogP contribution in [0.1, 0.15) is 28.5 Å². The second kappa shape index (κ2) is 5.53. The molecule has 21 heavy (non-hydrogen) atoms. The third-order valence-electron chi connectivity index (χ3n) is 3.54. The van der Waals surface area contributed by atoms with E-state index in [1.807, 2.05) is 24.3 Å². The van der Waals surface area contributed by atoms with E-state index in [0.717, 1.165) is 16.7 Å². The molecule has 0 aliphatic heterocycles. The van der Waals surface area contributed by atoms with Gasteiger partial charge in [0.15, 0.2) is 5.58 Å². The van der Waals surface area contributed by atoms with Gasteiger partial charge in [-0.1, -0.05) is 53.1 Å². The SMILES string of the molecule is Cc1cc(C)cc(C(NN)c2cc3cccc(Cl)c3o2)c1. The Morgan fingerprint density at radius 3 is 2.43 bits per heavy atom. The van der Waals surface area contributed by atoms with Gasteiger partial charge in [0.05, 0.1) is 5.02 Å². The van der Waals surface area contributed by atoms with Crippen molar-refractivity contribution >= 4 is 22.6 Å². The van der Waals surface area contributed by atoms with Gasteiger partial charge in [-0.25, -0.2) is 5.43 Å². The number of aryl methyl sites for hydroxylation is 2. The summed E-state index contributed by atoms with van der Waals surface area (Å²) < 4.78 is 5.91. The highest BCUT2D eigenvalue weighted by Crippen LogP contribution is 2.32. The standard InChI is InChI=1S/C17H17ClN2O/c1-10-6-11(2)8-13(7-10)16(20-19)15-9-12-4-3-5-14(18)17(12)21-15/h3-9,16,20H,19H2,1-2H3. The lowest BCUT2D eigenvalue weighted by molar-refractivity contribution is 0.477. The fraction of sp³-hybridized carbons (Fsp3) is 0.176. The first-order valence-corrected chi connectivity index (χ1v) is 7.18. The molecule has 4 heteroatoms. The van der Waals surface area contributed by atoms with Gasteiger partial charge in [-0.2, -0.15) is 0 Å². The molecule has 0 aliphatic carbocycles. The fourth-order valence-corrected chi connectivity index (χ4v) is 2.93. The largest absolute Gasteiger partial charge is 0.457 e. The number of rotatable bonds is 3. The molecule has 1 unspecified atom stereocenters. The molecule has 3 rings (SSSR count). The van der Waals surface area contributed by atoms with E-state index >= 15 is 0 Å². The molecule has 0 aliphatic rings. The molecule has 3 N–H and O–H groups in total. The van der Waals surface area contributed by atoms with Crippen LogP contribution in [0.2, 0.25) is 5.02 Å². The zero-order chi connectivity index (χ0) is 15.0. The maximum absolute atomic E-state index is 6.17. The van der Waals surface area contributed by atoms with Crippen LogP contribution in [0.4, 0.5) is 0 Å². The first kappa shape index (κ1) is 14.1. The second-order valence-corrected chi connectivity index (χ2v) is 5.73. The molecule has 108 valence electrons. The van der Waals surface area contributed by atoms with Gasteiger partial charge in [0.25, 0.3) is 0 Å². The van der Waals surface area contributed by atoms with Crippen LogP contribution in [-0.2, 0) is 0 Å². The second-order valence-electron chi connectivity index (χ2n) is 5.33. The smallest absolute Gasteiger partial charge is 0.152 e. The van der Waals surface area contributed by atoms with Crippen LogP contribution >= 0.6 is 11.6 Å². The maximum atomic E-state index is 6.17. The normalized spacial score (nSPS) is 12.8. The van der Waals surface area contributed by atoms with E-state index in [-0.39, 0.29) is 6.04 Å². The highest BCUT2D eigenvalue weighted by Gasteiger charge is 2.18. The van der Waals surface area contributed by atoms with E-state index in [1.165, 1.54) is 11.1 Å². The number of hydrogen-bond acceptors (Lipinski definition) is 3. The number of fused-ring (bicyclic) bond motifs is 1. The Hall–Kier alpha value is -1.81. The van der Waals surface area contributed by atoms with Crippen molar-refractivity contribution in [1.82, 2.24) is 5.43 Å². The van der Waals surface area contributed by atoms with Gasteiger partial charge >= 0.3 is 0 Å². The number of nitrogens with one attached hydrogen (secondary N) is 1. The highest BCUT2D eigenvalue weighted by molar-refractivity contribution is 6.34. The molecule has 3 aromatic rings. The first-order chi connectivity index (χ1) is 10.1. The number of hydrazine groups is 1. The van der Waals surface area contributed by atoms with Crippen LogP contribution in [0.25, 0.3) is 11.0 Å². The molecule has 2 aromatic carbocycles. The predicted octanol–water partition coefficient (Wildman–Crippen LogP) is 4.26. The third kappa shape index (κ3) is 2.68. The van der Waals surface area contributed by atoms with Gasteiger partial charge in [0, 0.05) is 5.39 Å². The zero-order valence-corrected chi connectivity index (χ0v) is 12.7. The Labute approximate surface area is 128 Å². The number of hydrogen-bond donors (Lipinski definition) is 2. The molecule has 0 amide bonds. The van der Waals surface area contributed by atoms with Crippen molar-refractivity contribution in [3.8, 4) is 0 Å². The quantitative estimate of drug-likeness (QED) is 0.561. The molecular weight excluding hydrogens is 284 g/mol. The van der Waals surface area contributed by atoms with Gasteiger partial charge in [-0.05, 0) is 31.5 Å². The topological polar surface area (TPSA) is 51.2 Å². The van der Waals surface area contributed by atoms with Crippen molar-refractivity contribution < 1.29 is 4.42 Å². The number of furan rings is 1. The van der Waals surface area contributed by atoms with Gasteiger partial charge in [-0.3, -0.25) is 5.84 Å². The van der Waals surface area contributed by atoms with Gasteiger partial charge in [0.1, 0.15) is 11.8 Å². The zero-order valence-electron chi connectivity index (χ0n) is 12.0. The Bertz CT molecular complexity index is 774. The minimum Gasteiger partial charge on any atom is -0.457 e. The fourth-order valence-electron chi connectivity index (χ4n) is 2.71. The van der Waals surface area contributed by atoms with E-state index < -0.39 is 0 Å². The van der Waals surface area contributed by atoms with Crippen molar-refractivity contribution in [1.29, 1.82) is 0 Å². The molecule has 3 nitrogen and oxygen atoms in total. The van der Waals surface area contributed by atoms with Crippen LogP contribution < -0.4 is 11.3 Å². The molecule has 0 spiro atoms. The average molecular weight is 301 g/mol. The van der Waals surface area contributed by atoms with Crippen LogP contribution in [0.5, 0.6) is 0 Å². The number of halogens is 1. The van der Waals surface area contributed by atoms with E-state index in [1.54, 1.807) is 0 Å². The van der Waals surface area contributed by atoms with Crippen molar-refractivity contribution in [2.45, 2.75) is 19.9 Å². The van der Waals surface area contributed by atoms with Gasteiger partial charge < -0.3 is 4.42 Å². The van der Waals surface area contributed by atoms with Crippen LogP contribution in [0.3, 0.4) is 0 Å². The minimum atomic E-state index is -0.202. The van der Waals surface area contributed by atoms with Crippen molar-refractivity contribution in [3.63, 3.8) is 0 Å². The molecular formula is C17H17ClN2O. The molecule has 1 atom stereocenters. The monoisotopic (exact) mass is 300 g/mol. The summed E-state index contributed by atoms with van der Waals surface area (Å²) in [5.41, 5.74) is 6.99.